The third kappa shape index (κ3) is 6.48. The Bertz CT molecular complexity index is 1730. The summed E-state index contributed by atoms with van der Waals surface area (Å²) < 4.78 is 58.7. The van der Waals surface area contributed by atoms with Crippen molar-refractivity contribution in [2.24, 2.45) is 5.10 Å². The number of benzene rings is 3. The predicted octanol–water partition coefficient (Wildman–Crippen LogP) is 5.71. The van der Waals surface area contributed by atoms with Gasteiger partial charge in [-0.25, -0.2) is 17.8 Å². The van der Waals surface area contributed by atoms with Crippen LogP contribution in [0.3, 0.4) is 0 Å². The largest absolute Gasteiger partial charge is 0.493 e. The summed E-state index contributed by atoms with van der Waals surface area (Å²) in [7, 11) is 0.789. The average molecular weight is 627 g/mol. The zero-order chi connectivity index (χ0) is 30.6. The Kier molecular flexibility index (Phi) is 9.23. The van der Waals surface area contributed by atoms with Gasteiger partial charge in [0.15, 0.2) is 11.5 Å². The molecule has 1 aliphatic heterocycles. The Morgan fingerprint density at radius 3 is 2.21 bits per heavy atom. The van der Waals surface area contributed by atoms with E-state index in [1.54, 1.807) is 12.1 Å². The van der Waals surface area contributed by atoms with Gasteiger partial charge in [0.1, 0.15) is 5.82 Å². The zero-order valence-corrected chi connectivity index (χ0v) is 25.6. The van der Waals surface area contributed by atoms with Gasteiger partial charge in [0.05, 0.1) is 42.7 Å². The van der Waals surface area contributed by atoms with Crippen molar-refractivity contribution in [3.63, 3.8) is 0 Å². The first-order valence-electron chi connectivity index (χ1n) is 13.6. The van der Waals surface area contributed by atoms with E-state index < -0.39 is 21.7 Å². The van der Waals surface area contributed by atoms with Gasteiger partial charge in [-0.2, -0.15) is 14.4 Å². The van der Waals surface area contributed by atoms with Crippen molar-refractivity contribution < 1.29 is 31.8 Å². The van der Waals surface area contributed by atoms with Gasteiger partial charge >= 0.3 is 0 Å². The van der Waals surface area contributed by atoms with Gasteiger partial charge in [-0.3, -0.25) is 4.79 Å². The van der Waals surface area contributed by atoms with Crippen molar-refractivity contribution >= 4 is 48.8 Å². The number of ether oxygens (including phenoxy) is 3. The first-order chi connectivity index (χ1) is 20.7. The van der Waals surface area contributed by atoms with Gasteiger partial charge in [-0.05, 0) is 67.4 Å². The quantitative estimate of drug-likeness (QED) is 0.173. The zero-order valence-electron chi connectivity index (χ0n) is 23.9. The molecule has 2 heterocycles. The van der Waals surface area contributed by atoms with E-state index in [0.29, 0.717) is 46.1 Å². The number of hydrazone groups is 1. The second-order valence-corrected chi connectivity index (χ2v) is 12.7. The van der Waals surface area contributed by atoms with Crippen molar-refractivity contribution in [1.29, 1.82) is 0 Å². The Labute approximate surface area is 253 Å². The van der Waals surface area contributed by atoms with E-state index in [0.717, 1.165) is 42.0 Å². The van der Waals surface area contributed by atoms with E-state index in [1.165, 1.54) is 74.3 Å². The molecule has 0 bridgehead atoms. The number of rotatable bonds is 9. The van der Waals surface area contributed by atoms with E-state index in [1.807, 2.05) is 0 Å². The summed E-state index contributed by atoms with van der Waals surface area (Å²) in [6.07, 6.45) is 5.09. The number of aromatic nitrogens is 1. The summed E-state index contributed by atoms with van der Waals surface area (Å²) in [5.41, 5.74) is 1.24. The Morgan fingerprint density at radius 1 is 0.953 bits per heavy atom. The van der Waals surface area contributed by atoms with Crippen molar-refractivity contribution in [1.82, 2.24) is 9.29 Å². The molecule has 0 N–H and O–H groups in total. The van der Waals surface area contributed by atoms with Crippen LogP contribution in [-0.4, -0.2) is 64.2 Å². The number of nitrogens with zero attached hydrogens (tertiary/aromatic N) is 4. The molecule has 226 valence electrons. The summed E-state index contributed by atoms with van der Waals surface area (Å²) in [5.74, 6) is 0.221. The van der Waals surface area contributed by atoms with Crippen LogP contribution in [0, 0.1) is 5.82 Å². The number of carbonyl (C=O) groups excluding carboxylic acids is 1. The molecule has 0 saturated carbocycles. The molecule has 13 heteroatoms. The highest BCUT2D eigenvalue weighted by Crippen LogP contribution is 2.38. The molecule has 43 heavy (non-hydrogen) atoms. The van der Waals surface area contributed by atoms with E-state index in [9.17, 15) is 17.6 Å². The Hall–Kier alpha value is -4.07. The first-order valence-corrected chi connectivity index (χ1v) is 15.9. The van der Waals surface area contributed by atoms with Crippen LogP contribution < -0.4 is 19.2 Å². The minimum absolute atomic E-state index is 0.119. The maximum atomic E-state index is 13.9. The molecule has 4 aromatic rings. The first kappa shape index (κ1) is 30.4. The number of hydrogen-bond donors (Lipinski definition) is 0. The molecule has 1 amide bonds. The van der Waals surface area contributed by atoms with Gasteiger partial charge in [0, 0.05) is 24.2 Å². The molecule has 1 fully saturated rings. The number of hydrogen-bond acceptors (Lipinski definition) is 9. The maximum absolute atomic E-state index is 13.9. The molecular formula is C30H31FN4O6S2. The number of thiazole rings is 1. The van der Waals surface area contributed by atoms with Crippen LogP contribution in [0.1, 0.15) is 41.6 Å². The fourth-order valence-corrected chi connectivity index (χ4v) is 7.25. The number of halogens is 1. The number of carbonyl (C=O) groups is 1. The van der Waals surface area contributed by atoms with E-state index >= 15 is 0 Å². The minimum atomic E-state index is -3.69. The van der Waals surface area contributed by atoms with Crippen molar-refractivity contribution in [3.05, 3.63) is 71.5 Å². The highest BCUT2D eigenvalue weighted by Gasteiger charge is 2.27. The van der Waals surface area contributed by atoms with Crippen LogP contribution >= 0.6 is 11.3 Å². The normalized spacial score (nSPS) is 14.5. The van der Waals surface area contributed by atoms with Crippen molar-refractivity contribution in [2.75, 3.05) is 39.4 Å². The van der Waals surface area contributed by atoms with Gasteiger partial charge in [0.25, 0.3) is 5.91 Å². The summed E-state index contributed by atoms with van der Waals surface area (Å²) in [5, 5.41) is 5.76. The molecule has 0 spiro atoms. The van der Waals surface area contributed by atoms with Gasteiger partial charge in [-0.15, -0.1) is 0 Å². The third-order valence-electron chi connectivity index (χ3n) is 7.03. The van der Waals surface area contributed by atoms with Gasteiger partial charge < -0.3 is 14.2 Å². The lowest BCUT2D eigenvalue weighted by molar-refractivity contribution is 0.0987. The predicted molar refractivity (Wildman–Crippen MR) is 164 cm³/mol. The lowest BCUT2D eigenvalue weighted by Crippen LogP contribution is -2.32. The summed E-state index contributed by atoms with van der Waals surface area (Å²) in [4.78, 5) is 18.5. The van der Waals surface area contributed by atoms with Crippen LogP contribution in [-0.2, 0) is 10.0 Å². The number of anilines is 1. The average Bonchev–Trinajstić information content (AvgIpc) is 3.22. The van der Waals surface area contributed by atoms with Gasteiger partial charge in [0.2, 0.25) is 20.9 Å². The molecule has 0 unspecified atom stereocenters. The van der Waals surface area contributed by atoms with E-state index in [-0.39, 0.29) is 15.6 Å². The number of amides is 1. The highest BCUT2D eigenvalue weighted by molar-refractivity contribution is 7.89. The van der Waals surface area contributed by atoms with Crippen molar-refractivity contribution in [2.45, 2.75) is 30.6 Å². The second-order valence-electron chi connectivity index (χ2n) is 9.77. The highest BCUT2D eigenvalue weighted by atomic mass is 32.2. The number of fused-ring (bicyclic) bond motifs is 1. The SMILES string of the molecule is COc1cc(/C=N/N(C(=O)c2ccc(S(=O)(=O)N3CCCCCC3)cc2)c2nc3ccc(F)cc3s2)cc(OC)c1OC. The third-order valence-corrected chi connectivity index (χ3v) is 9.93. The molecule has 1 aliphatic rings. The summed E-state index contributed by atoms with van der Waals surface area (Å²) >= 11 is 1.10. The standard InChI is InChI=1S/C30H31FN4O6S2/c1-39-25-16-20(17-26(40-2)28(25)41-3)19-32-35(30-33-24-13-10-22(31)18-27(24)42-30)29(36)21-8-11-23(12-9-21)43(37,38)34-14-6-4-5-7-15-34/h8-13,16-19H,4-7,14-15H2,1-3H3/b32-19+. The Balaban J connectivity index is 1.51. The van der Waals surface area contributed by atoms with Crippen LogP contribution in [0.2, 0.25) is 0 Å². The van der Waals surface area contributed by atoms with Crippen LogP contribution in [0.4, 0.5) is 9.52 Å². The molecule has 1 aromatic heterocycles. The van der Waals surface area contributed by atoms with Crippen LogP contribution in [0.25, 0.3) is 10.2 Å². The van der Waals surface area contributed by atoms with Crippen LogP contribution in [0.5, 0.6) is 17.2 Å². The lowest BCUT2D eigenvalue weighted by atomic mass is 10.2. The summed E-state index contributed by atoms with van der Waals surface area (Å²) in [6.45, 7) is 0.954. The smallest absolute Gasteiger partial charge is 0.280 e. The topological polar surface area (TPSA) is 111 Å². The molecule has 1 saturated heterocycles. The molecule has 0 radical (unpaired) electrons. The second kappa shape index (κ2) is 13.1. The monoisotopic (exact) mass is 626 g/mol. The number of methoxy groups -OCH3 is 3. The summed E-state index contributed by atoms with van der Waals surface area (Å²) in [6, 6.07) is 13.3. The molecular weight excluding hydrogens is 595 g/mol. The minimum Gasteiger partial charge on any atom is -0.493 e. The lowest BCUT2D eigenvalue weighted by Gasteiger charge is -2.20. The maximum Gasteiger partial charge on any atom is 0.280 e. The fraction of sp³-hybridized carbons (Fsp3) is 0.300. The van der Waals surface area contributed by atoms with Crippen LogP contribution in [0.15, 0.2) is 64.6 Å². The molecule has 0 atom stereocenters. The molecule has 10 nitrogen and oxygen atoms in total. The van der Waals surface area contributed by atoms with Crippen molar-refractivity contribution in [3.8, 4) is 17.2 Å². The number of sulfonamides is 1. The molecule has 3 aromatic carbocycles. The van der Waals surface area contributed by atoms with Gasteiger partial charge in [-0.1, -0.05) is 24.2 Å². The fourth-order valence-electron chi connectivity index (χ4n) is 4.79. The molecule has 5 rings (SSSR count). The molecule has 0 aliphatic carbocycles. The van der Waals surface area contributed by atoms with E-state index in [2.05, 4.69) is 10.1 Å². The Morgan fingerprint density at radius 2 is 1.60 bits per heavy atom. The van der Waals surface area contributed by atoms with E-state index in [4.69, 9.17) is 14.2 Å².